The maximum absolute atomic E-state index is 6.45. The third-order valence-electron chi connectivity index (χ3n) is 9.06. The molecule has 0 bridgehead atoms. The molecule has 216 valence electrons. The van der Waals surface area contributed by atoms with Crippen LogP contribution >= 0.6 is 0 Å². The summed E-state index contributed by atoms with van der Waals surface area (Å²) in [5, 5.41) is 7.21. The van der Waals surface area contributed by atoms with E-state index in [-0.39, 0.29) is 0 Å². The molecule has 46 heavy (non-hydrogen) atoms. The second-order valence-electron chi connectivity index (χ2n) is 11.7. The number of para-hydroxylation sites is 1. The summed E-state index contributed by atoms with van der Waals surface area (Å²) < 4.78 is 6.45. The number of benzene rings is 8. The van der Waals surface area contributed by atoms with E-state index in [9.17, 15) is 0 Å². The number of fused-ring (bicyclic) bond motifs is 5. The van der Waals surface area contributed by atoms with Gasteiger partial charge < -0.3 is 9.32 Å². The monoisotopic (exact) mass is 587 g/mol. The number of hydrogen-bond acceptors (Lipinski definition) is 2. The van der Waals surface area contributed by atoms with Gasteiger partial charge in [0.25, 0.3) is 0 Å². The number of hydrogen-bond donors (Lipinski definition) is 0. The summed E-state index contributed by atoms with van der Waals surface area (Å²) in [5.41, 5.74) is 9.86. The van der Waals surface area contributed by atoms with Gasteiger partial charge in [-0.25, -0.2) is 0 Å². The fraction of sp³-hybridized carbons (Fsp3) is 0. The summed E-state index contributed by atoms with van der Waals surface area (Å²) in [5.74, 6) is 0. The van der Waals surface area contributed by atoms with Crippen LogP contribution in [0, 0.1) is 0 Å². The standard InChI is InChI=1S/C44H29NO/c1-2-15-33(16-3-1)45(34-25-23-32(24-26-34)37-19-8-13-30-11-4-6-17-36(30)37)35-27-28-42-41(29-35)44-40(21-10-22-43(44)46-42)39-20-9-14-31-12-5-7-18-38(31)39/h1-29H. The van der Waals surface area contributed by atoms with Crippen LogP contribution < -0.4 is 4.90 Å². The zero-order chi connectivity index (χ0) is 30.5. The lowest BCUT2D eigenvalue weighted by Gasteiger charge is -2.26. The molecule has 1 heterocycles. The largest absolute Gasteiger partial charge is 0.456 e. The Kier molecular flexibility index (Phi) is 6.17. The molecule has 0 radical (unpaired) electrons. The molecule has 0 aliphatic rings. The quantitative estimate of drug-likeness (QED) is 0.199. The SMILES string of the molecule is c1ccc(N(c2ccc(-c3cccc4ccccc34)cc2)c2ccc3oc4cccc(-c5cccc6ccccc56)c4c3c2)cc1. The van der Waals surface area contributed by atoms with Crippen LogP contribution in [0.3, 0.4) is 0 Å². The molecule has 2 nitrogen and oxygen atoms in total. The van der Waals surface area contributed by atoms with Crippen molar-refractivity contribution < 1.29 is 4.42 Å². The highest BCUT2D eigenvalue weighted by Crippen LogP contribution is 2.43. The van der Waals surface area contributed by atoms with Gasteiger partial charge in [0.2, 0.25) is 0 Å². The Morgan fingerprint density at radius 1 is 0.348 bits per heavy atom. The van der Waals surface area contributed by atoms with Gasteiger partial charge in [-0.2, -0.15) is 0 Å². The van der Waals surface area contributed by atoms with Gasteiger partial charge in [0.1, 0.15) is 11.2 Å². The Morgan fingerprint density at radius 2 is 0.913 bits per heavy atom. The maximum atomic E-state index is 6.45. The van der Waals surface area contributed by atoms with Crippen molar-refractivity contribution in [3.63, 3.8) is 0 Å². The molecule has 0 atom stereocenters. The molecule has 0 spiro atoms. The fourth-order valence-corrected chi connectivity index (χ4v) is 6.93. The molecule has 0 fully saturated rings. The lowest BCUT2D eigenvalue weighted by Crippen LogP contribution is -2.09. The zero-order valence-electron chi connectivity index (χ0n) is 25.1. The fourth-order valence-electron chi connectivity index (χ4n) is 6.93. The molecule has 0 N–H and O–H groups in total. The van der Waals surface area contributed by atoms with Crippen LogP contribution in [0.25, 0.3) is 65.7 Å². The van der Waals surface area contributed by atoms with Gasteiger partial charge >= 0.3 is 0 Å². The van der Waals surface area contributed by atoms with E-state index in [1.807, 2.05) is 0 Å². The van der Waals surface area contributed by atoms with Gasteiger partial charge in [-0.15, -0.1) is 0 Å². The van der Waals surface area contributed by atoms with Crippen molar-refractivity contribution in [2.75, 3.05) is 4.90 Å². The van der Waals surface area contributed by atoms with Gasteiger partial charge in [-0.05, 0) is 92.3 Å². The Balaban J connectivity index is 1.21. The third-order valence-corrected chi connectivity index (χ3v) is 9.06. The van der Waals surface area contributed by atoms with E-state index < -0.39 is 0 Å². The van der Waals surface area contributed by atoms with Crippen LogP contribution in [0.5, 0.6) is 0 Å². The second kappa shape index (κ2) is 10.8. The van der Waals surface area contributed by atoms with Crippen LogP contribution in [0.1, 0.15) is 0 Å². The number of furan rings is 1. The van der Waals surface area contributed by atoms with Crippen molar-refractivity contribution >= 4 is 60.5 Å². The molecular formula is C44H29NO. The second-order valence-corrected chi connectivity index (χ2v) is 11.7. The smallest absolute Gasteiger partial charge is 0.136 e. The predicted molar refractivity (Wildman–Crippen MR) is 194 cm³/mol. The first-order valence-electron chi connectivity index (χ1n) is 15.7. The molecular weight excluding hydrogens is 558 g/mol. The van der Waals surface area contributed by atoms with Crippen molar-refractivity contribution in [1.82, 2.24) is 0 Å². The first-order chi connectivity index (χ1) is 22.8. The van der Waals surface area contributed by atoms with Gasteiger partial charge in [0.15, 0.2) is 0 Å². The lowest BCUT2D eigenvalue weighted by molar-refractivity contribution is 0.669. The minimum atomic E-state index is 0.880. The van der Waals surface area contributed by atoms with Crippen molar-refractivity contribution in [2.45, 2.75) is 0 Å². The molecule has 0 unspecified atom stereocenters. The van der Waals surface area contributed by atoms with E-state index in [0.29, 0.717) is 0 Å². The highest BCUT2D eigenvalue weighted by molar-refractivity contribution is 6.16. The molecule has 2 heteroatoms. The maximum Gasteiger partial charge on any atom is 0.136 e. The highest BCUT2D eigenvalue weighted by Gasteiger charge is 2.18. The average Bonchev–Trinajstić information content (AvgIpc) is 3.50. The van der Waals surface area contributed by atoms with E-state index in [1.54, 1.807) is 0 Å². The molecule has 0 saturated heterocycles. The topological polar surface area (TPSA) is 16.4 Å². The molecule has 0 aliphatic heterocycles. The van der Waals surface area contributed by atoms with Crippen molar-refractivity contribution in [1.29, 1.82) is 0 Å². The van der Waals surface area contributed by atoms with E-state index in [0.717, 1.165) is 39.0 Å². The van der Waals surface area contributed by atoms with Crippen molar-refractivity contribution in [3.8, 4) is 22.3 Å². The Morgan fingerprint density at radius 3 is 1.67 bits per heavy atom. The van der Waals surface area contributed by atoms with Crippen molar-refractivity contribution in [3.05, 3.63) is 176 Å². The van der Waals surface area contributed by atoms with E-state index >= 15 is 0 Å². The van der Waals surface area contributed by atoms with Gasteiger partial charge in [0, 0.05) is 27.8 Å². The summed E-state index contributed by atoms with van der Waals surface area (Å²) in [6.07, 6.45) is 0. The van der Waals surface area contributed by atoms with Gasteiger partial charge in [-0.3, -0.25) is 0 Å². The number of nitrogens with zero attached hydrogens (tertiary/aromatic N) is 1. The van der Waals surface area contributed by atoms with Crippen LogP contribution in [0.2, 0.25) is 0 Å². The summed E-state index contributed by atoms with van der Waals surface area (Å²) in [6, 6.07) is 62.6. The number of anilines is 3. The predicted octanol–water partition coefficient (Wildman–Crippen LogP) is 12.7. The molecule has 0 amide bonds. The molecule has 0 aliphatic carbocycles. The first kappa shape index (κ1) is 26.3. The normalized spacial score (nSPS) is 11.5. The van der Waals surface area contributed by atoms with Crippen molar-refractivity contribution in [2.24, 2.45) is 0 Å². The minimum Gasteiger partial charge on any atom is -0.456 e. The molecule has 0 saturated carbocycles. The highest BCUT2D eigenvalue weighted by atomic mass is 16.3. The molecule has 9 rings (SSSR count). The minimum absolute atomic E-state index is 0.880. The summed E-state index contributed by atoms with van der Waals surface area (Å²) >= 11 is 0. The lowest BCUT2D eigenvalue weighted by atomic mass is 9.94. The summed E-state index contributed by atoms with van der Waals surface area (Å²) in [4.78, 5) is 2.33. The number of rotatable bonds is 5. The van der Waals surface area contributed by atoms with E-state index in [2.05, 4.69) is 181 Å². The van der Waals surface area contributed by atoms with Crippen LogP contribution in [0.15, 0.2) is 180 Å². The van der Waals surface area contributed by atoms with Crippen LogP contribution in [0.4, 0.5) is 17.1 Å². The zero-order valence-corrected chi connectivity index (χ0v) is 25.1. The Hall–Kier alpha value is -6.12. The van der Waals surface area contributed by atoms with Crippen LogP contribution in [-0.2, 0) is 0 Å². The van der Waals surface area contributed by atoms with E-state index in [4.69, 9.17) is 4.42 Å². The average molecular weight is 588 g/mol. The van der Waals surface area contributed by atoms with E-state index in [1.165, 1.54) is 43.8 Å². The molecule has 1 aromatic heterocycles. The first-order valence-corrected chi connectivity index (χ1v) is 15.7. The third kappa shape index (κ3) is 4.35. The Labute approximate surface area is 267 Å². The van der Waals surface area contributed by atoms with Gasteiger partial charge in [-0.1, -0.05) is 127 Å². The van der Waals surface area contributed by atoms with Gasteiger partial charge in [0.05, 0.1) is 0 Å². The molecule has 9 aromatic rings. The summed E-state index contributed by atoms with van der Waals surface area (Å²) in [6.45, 7) is 0. The molecule has 8 aromatic carbocycles. The van der Waals surface area contributed by atoms with Crippen LogP contribution in [-0.4, -0.2) is 0 Å². The Bertz CT molecular complexity index is 2520. The summed E-state index contributed by atoms with van der Waals surface area (Å²) in [7, 11) is 0.